The van der Waals surface area contributed by atoms with Gasteiger partial charge in [0.25, 0.3) is 0 Å². The minimum absolute atomic E-state index is 0.495. The van der Waals surface area contributed by atoms with Crippen LogP contribution in [0.15, 0.2) is 71.5 Å². The minimum Gasteiger partial charge on any atom is -0.380 e. The van der Waals surface area contributed by atoms with E-state index >= 15 is 0 Å². The third-order valence-corrected chi connectivity index (χ3v) is 5.68. The van der Waals surface area contributed by atoms with Crippen molar-refractivity contribution in [2.45, 2.75) is 13.5 Å². The SMILES string of the molecule is COCc1cccc(Br)c1-n1nc(-c2ccncc2)c(-c2ccc(Cl)cc2)c1C. The average Bonchev–Trinajstić information content (AvgIpc) is 3.07. The lowest BCUT2D eigenvalue weighted by atomic mass is 10.00. The van der Waals surface area contributed by atoms with Crippen molar-refractivity contribution < 1.29 is 4.74 Å². The van der Waals surface area contributed by atoms with Crippen molar-refractivity contribution in [2.75, 3.05) is 7.11 Å². The summed E-state index contributed by atoms with van der Waals surface area (Å²) < 4.78 is 8.36. The molecule has 0 saturated carbocycles. The van der Waals surface area contributed by atoms with Crippen LogP contribution in [0.4, 0.5) is 0 Å². The maximum absolute atomic E-state index is 6.12. The van der Waals surface area contributed by atoms with E-state index in [-0.39, 0.29) is 0 Å². The van der Waals surface area contributed by atoms with E-state index in [4.69, 9.17) is 21.4 Å². The van der Waals surface area contributed by atoms with Crippen molar-refractivity contribution in [1.82, 2.24) is 14.8 Å². The molecule has 6 heteroatoms. The lowest BCUT2D eigenvalue weighted by Crippen LogP contribution is -2.05. The van der Waals surface area contributed by atoms with Gasteiger partial charge in [0.2, 0.25) is 0 Å². The van der Waals surface area contributed by atoms with E-state index in [1.165, 1.54) is 0 Å². The van der Waals surface area contributed by atoms with Crippen LogP contribution in [0, 0.1) is 6.92 Å². The fourth-order valence-corrected chi connectivity index (χ4v) is 4.16. The van der Waals surface area contributed by atoms with Gasteiger partial charge in [0.05, 0.1) is 12.3 Å². The van der Waals surface area contributed by atoms with E-state index in [9.17, 15) is 0 Å². The van der Waals surface area contributed by atoms with Gasteiger partial charge in [0.15, 0.2) is 0 Å². The highest BCUT2D eigenvalue weighted by Gasteiger charge is 2.21. The molecule has 29 heavy (non-hydrogen) atoms. The standard InChI is InChI=1S/C23H19BrClN3O/c1-15-21(16-6-8-19(25)9-7-16)22(17-10-12-26-13-11-17)27-28(15)23-18(14-29-2)4-3-5-20(23)24/h3-13H,14H2,1-2H3. The first-order valence-electron chi connectivity index (χ1n) is 9.13. The first kappa shape index (κ1) is 19.8. The summed E-state index contributed by atoms with van der Waals surface area (Å²) in [5.74, 6) is 0. The van der Waals surface area contributed by atoms with Gasteiger partial charge in [-0.25, -0.2) is 4.68 Å². The topological polar surface area (TPSA) is 39.9 Å². The summed E-state index contributed by atoms with van der Waals surface area (Å²) >= 11 is 9.82. The van der Waals surface area contributed by atoms with Crippen LogP contribution < -0.4 is 0 Å². The number of halogens is 2. The van der Waals surface area contributed by atoms with E-state index in [0.717, 1.165) is 43.8 Å². The molecule has 4 nitrogen and oxygen atoms in total. The Morgan fingerprint density at radius 1 is 1.00 bits per heavy atom. The van der Waals surface area contributed by atoms with E-state index in [2.05, 4.69) is 33.9 Å². The van der Waals surface area contributed by atoms with E-state index in [1.807, 2.05) is 53.2 Å². The first-order valence-corrected chi connectivity index (χ1v) is 10.3. The largest absolute Gasteiger partial charge is 0.380 e. The molecule has 0 unspecified atom stereocenters. The highest BCUT2D eigenvalue weighted by Crippen LogP contribution is 2.37. The predicted octanol–water partition coefficient (Wildman–Crippen LogP) is 6.47. The highest BCUT2D eigenvalue weighted by atomic mass is 79.9. The van der Waals surface area contributed by atoms with Crippen LogP contribution in [0.2, 0.25) is 5.02 Å². The van der Waals surface area contributed by atoms with Crippen molar-refractivity contribution >= 4 is 27.5 Å². The lowest BCUT2D eigenvalue weighted by Gasteiger charge is -2.13. The van der Waals surface area contributed by atoms with Crippen LogP contribution in [-0.4, -0.2) is 21.9 Å². The van der Waals surface area contributed by atoms with Gasteiger partial charge >= 0.3 is 0 Å². The van der Waals surface area contributed by atoms with Gasteiger partial charge < -0.3 is 4.74 Å². The van der Waals surface area contributed by atoms with E-state index in [0.29, 0.717) is 11.6 Å². The van der Waals surface area contributed by atoms with Gasteiger partial charge in [-0.15, -0.1) is 0 Å². The van der Waals surface area contributed by atoms with E-state index in [1.54, 1.807) is 19.5 Å². The van der Waals surface area contributed by atoms with Crippen LogP contribution in [-0.2, 0) is 11.3 Å². The summed E-state index contributed by atoms with van der Waals surface area (Å²) in [6, 6.07) is 17.9. The molecule has 0 fully saturated rings. The number of para-hydroxylation sites is 1. The van der Waals surface area contributed by atoms with Crippen molar-refractivity contribution in [3.8, 4) is 28.1 Å². The van der Waals surface area contributed by atoms with Gasteiger partial charge in [-0.3, -0.25) is 4.98 Å². The van der Waals surface area contributed by atoms with Crippen molar-refractivity contribution in [1.29, 1.82) is 0 Å². The predicted molar refractivity (Wildman–Crippen MR) is 120 cm³/mol. The maximum Gasteiger partial charge on any atom is 0.101 e. The molecule has 0 radical (unpaired) electrons. The molecule has 0 spiro atoms. The molecule has 0 N–H and O–H groups in total. The molecule has 4 rings (SSSR count). The molecule has 0 saturated heterocycles. The molecule has 0 atom stereocenters. The summed E-state index contributed by atoms with van der Waals surface area (Å²) in [4.78, 5) is 4.15. The summed E-state index contributed by atoms with van der Waals surface area (Å²) in [7, 11) is 1.70. The summed E-state index contributed by atoms with van der Waals surface area (Å²) in [5, 5.41) is 5.73. The zero-order valence-electron chi connectivity index (χ0n) is 16.1. The number of pyridine rings is 1. The first-order chi connectivity index (χ1) is 14.1. The Bertz CT molecular complexity index is 1140. The molecule has 2 aromatic heterocycles. The Morgan fingerprint density at radius 3 is 2.41 bits per heavy atom. The van der Waals surface area contributed by atoms with Crippen LogP contribution in [0.3, 0.4) is 0 Å². The highest BCUT2D eigenvalue weighted by molar-refractivity contribution is 9.10. The smallest absolute Gasteiger partial charge is 0.101 e. The third kappa shape index (κ3) is 3.86. The number of ether oxygens (including phenoxy) is 1. The molecule has 146 valence electrons. The number of hydrogen-bond donors (Lipinski definition) is 0. The average molecular weight is 469 g/mol. The Hall–Kier alpha value is -2.47. The summed E-state index contributed by atoms with van der Waals surface area (Å²) in [5.41, 5.74) is 7.08. The Balaban J connectivity index is 2.00. The number of nitrogens with zero attached hydrogens (tertiary/aromatic N) is 3. The van der Waals surface area contributed by atoms with Gasteiger partial charge in [-0.2, -0.15) is 5.10 Å². The van der Waals surface area contributed by atoms with Crippen LogP contribution in [0.25, 0.3) is 28.1 Å². The second-order valence-corrected chi connectivity index (χ2v) is 7.93. The van der Waals surface area contributed by atoms with Gasteiger partial charge in [0.1, 0.15) is 5.69 Å². The number of methoxy groups -OCH3 is 1. The zero-order chi connectivity index (χ0) is 20.4. The lowest BCUT2D eigenvalue weighted by molar-refractivity contribution is 0.184. The molecule has 2 aromatic carbocycles. The van der Waals surface area contributed by atoms with Crippen LogP contribution >= 0.6 is 27.5 Å². The monoisotopic (exact) mass is 467 g/mol. The number of rotatable bonds is 5. The maximum atomic E-state index is 6.12. The molecular weight excluding hydrogens is 450 g/mol. The van der Waals surface area contributed by atoms with Crippen molar-refractivity contribution in [3.63, 3.8) is 0 Å². The molecule has 0 aliphatic heterocycles. The van der Waals surface area contributed by atoms with Crippen LogP contribution in [0.5, 0.6) is 0 Å². The Morgan fingerprint density at radius 2 is 1.72 bits per heavy atom. The minimum atomic E-state index is 0.495. The number of benzene rings is 2. The third-order valence-electron chi connectivity index (χ3n) is 4.78. The molecule has 4 aromatic rings. The van der Waals surface area contributed by atoms with Crippen molar-refractivity contribution in [2.24, 2.45) is 0 Å². The quantitative estimate of drug-likeness (QED) is 0.337. The number of hydrogen-bond acceptors (Lipinski definition) is 3. The van der Waals surface area contributed by atoms with Crippen LogP contribution in [0.1, 0.15) is 11.3 Å². The van der Waals surface area contributed by atoms with Gasteiger partial charge in [-0.1, -0.05) is 35.9 Å². The van der Waals surface area contributed by atoms with Gasteiger partial charge in [-0.05, 0) is 58.7 Å². The van der Waals surface area contributed by atoms with E-state index < -0.39 is 0 Å². The molecule has 0 amide bonds. The summed E-state index contributed by atoms with van der Waals surface area (Å²) in [6.45, 7) is 2.58. The Kier molecular flexibility index (Phi) is 5.81. The fraction of sp³-hybridized carbons (Fsp3) is 0.130. The molecule has 0 aliphatic rings. The summed E-state index contributed by atoms with van der Waals surface area (Å²) in [6.07, 6.45) is 3.56. The molecular formula is C23H19BrClN3O. The number of aromatic nitrogens is 3. The van der Waals surface area contributed by atoms with Gasteiger partial charge in [0, 0.05) is 51.4 Å². The fourth-order valence-electron chi connectivity index (χ4n) is 3.46. The Labute approximate surface area is 183 Å². The second kappa shape index (κ2) is 8.49. The molecule has 0 bridgehead atoms. The molecule has 0 aliphatic carbocycles. The zero-order valence-corrected chi connectivity index (χ0v) is 18.4. The second-order valence-electron chi connectivity index (χ2n) is 6.64. The molecule has 2 heterocycles. The normalized spacial score (nSPS) is 11.0. The van der Waals surface area contributed by atoms with Crippen molar-refractivity contribution in [3.05, 3.63) is 87.7 Å².